The van der Waals surface area contributed by atoms with Crippen LogP contribution in [0.5, 0.6) is 0 Å². The highest BCUT2D eigenvalue weighted by molar-refractivity contribution is 5.32. The second-order valence-electron chi connectivity index (χ2n) is 9.58. The molecule has 2 fully saturated rings. The van der Waals surface area contributed by atoms with Gasteiger partial charge in [0, 0.05) is 30.7 Å². The molecule has 1 aliphatic carbocycles. The van der Waals surface area contributed by atoms with E-state index in [0.29, 0.717) is 12.5 Å². The van der Waals surface area contributed by atoms with Gasteiger partial charge in [-0.3, -0.25) is 4.98 Å². The monoisotopic (exact) mass is 409 g/mol. The Morgan fingerprint density at radius 3 is 2.87 bits per heavy atom. The Labute approximate surface area is 179 Å². The maximum atomic E-state index is 13.6. The van der Waals surface area contributed by atoms with Crippen LogP contribution in [0.3, 0.4) is 0 Å². The van der Waals surface area contributed by atoms with Crippen molar-refractivity contribution in [3.63, 3.8) is 0 Å². The minimum Gasteiger partial charge on any atom is -0.378 e. The number of rotatable bonds is 5. The number of nitrogens with zero attached hydrogens (tertiary/aromatic N) is 1. The Bertz CT molecular complexity index is 862. The molecule has 0 N–H and O–H groups in total. The molecule has 0 bridgehead atoms. The molecule has 2 aromatic rings. The van der Waals surface area contributed by atoms with Crippen LogP contribution in [0.15, 0.2) is 42.6 Å². The van der Waals surface area contributed by atoms with E-state index in [-0.39, 0.29) is 16.8 Å². The predicted octanol–water partition coefficient (Wildman–Crippen LogP) is 5.72. The van der Waals surface area contributed by atoms with Crippen molar-refractivity contribution in [1.29, 1.82) is 0 Å². The van der Waals surface area contributed by atoms with Gasteiger partial charge >= 0.3 is 0 Å². The highest BCUT2D eigenvalue weighted by atomic mass is 19.1. The maximum absolute atomic E-state index is 13.6. The molecule has 160 valence electrons. The van der Waals surface area contributed by atoms with Crippen LogP contribution in [0.1, 0.15) is 74.1 Å². The van der Waals surface area contributed by atoms with Crippen LogP contribution in [0.4, 0.5) is 4.39 Å². The molecule has 2 aliphatic heterocycles. The van der Waals surface area contributed by atoms with E-state index in [4.69, 9.17) is 9.47 Å². The zero-order valence-electron chi connectivity index (χ0n) is 17.7. The number of fused-ring (bicyclic) bond motifs is 1. The molecule has 4 heteroatoms. The number of ether oxygens (including phenoxy) is 2. The number of benzene rings is 1. The van der Waals surface area contributed by atoms with E-state index in [9.17, 15) is 4.39 Å². The van der Waals surface area contributed by atoms with Crippen LogP contribution in [0.25, 0.3) is 0 Å². The van der Waals surface area contributed by atoms with Crippen molar-refractivity contribution in [2.24, 2.45) is 0 Å². The highest BCUT2D eigenvalue weighted by Gasteiger charge is 2.49. The summed E-state index contributed by atoms with van der Waals surface area (Å²) in [7, 11) is 0. The van der Waals surface area contributed by atoms with Gasteiger partial charge in [0.1, 0.15) is 5.82 Å². The molecule has 3 atom stereocenters. The number of pyridine rings is 1. The van der Waals surface area contributed by atoms with Crippen molar-refractivity contribution in [1.82, 2.24) is 4.98 Å². The second-order valence-corrected chi connectivity index (χ2v) is 9.58. The lowest BCUT2D eigenvalue weighted by Gasteiger charge is -2.46. The fourth-order valence-corrected chi connectivity index (χ4v) is 6.15. The zero-order valence-corrected chi connectivity index (χ0v) is 17.7. The molecule has 0 saturated carbocycles. The van der Waals surface area contributed by atoms with Gasteiger partial charge in [-0.25, -0.2) is 4.39 Å². The Kier molecular flexibility index (Phi) is 5.63. The van der Waals surface area contributed by atoms with Crippen molar-refractivity contribution in [2.75, 3.05) is 19.8 Å². The Balaban J connectivity index is 1.35. The maximum Gasteiger partial charge on any atom is 0.141 e. The fraction of sp³-hybridized carbons (Fsp3) is 0.577. The Hall–Kier alpha value is -1.78. The van der Waals surface area contributed by atoms with Crippen molar-refractivity contribution in [3.05, 3.63) is 65.2 Å². The third-order valence-electron chi connectivity index (χ3n) is 7.69. The zero-order chi connectivity index (χ0) is 20.4. The van der Waals surface area contributed by atoms with Crippen molar-refractivity contribution >= 4 is 0 Å². The van der Waals surface area contributed by atoms with E-state index in [0.717, 1.165) is 51.0 Å². The minimum absolute atomic E-state index is 0.0478. The molecule has 0 amide bonds. The second kappa shape index (κ2) is 8.39. The summed E-state index contributed by atoms with van der Waals surface area (Å²) < 4.78 is 25.6. The third-order valence-corrected chi connectivity index (χ3v) is 7.69. The smallest absolute Gasteiger partial charge is 0.141 e. The molecule has 3 nitrogen and oxygen atoms in total. The van der Waals surface area contributed by atoms with Gasteiger partial charge in [-0.2, -0.15) is 0 Å². The van der Waals surface area contributed by atoms with Gasteiger partial charge in [0.25, 0.3) is 0 Å². The van der Waals surface area contributed by atoms with Gasteiger partial charge in [0.15, 0.2) is 0 Å². The van der Waals surface area contributed by atoms with Crippen molar-refractivity contribution in [3.8, 4) is 0 Å². The summed E-state index contributed by atoms with van der Waals surface area (Å²) >= 11 is 0. The number of halogens is 1. The van der Waals surface area contributed by atoms with Crippen LogP contribution in [0, 0.1) is 5.82 Å². The summed E-state index contributed by atoms with van der Waals surface area (Å²) in [5, 5.41) is 0. The lowest BCUT2D eigenvalue weighted by atomic mass is 9.67. The lowest BCUT2D eigenvalue weighted by molar-refractivity contribution is -0.109. The first-order valence-electron chi connectivity index (χ1n) is 11.6. The van der Waals surface area contributed by atoms with Gasteiger partial charge in [-0.1, -0.05) is 30.7 Å². The summed E-state index contributed by atoms with van der Waals surface area (Å²) in [6.45, 7) is 2.17. The first-order chi connectivity index (χ1) is 14.7. The highest BCUT2D eigenvalue weighted by Crippen LogP contribution is 2.48. The number of hydrogen-bond donors (Lipinski definition) is 0. The summed E-state index contributed by atoms with van der Waals surface area (Å²) in [6.07, 6.45) is 11.5. The van der Waals surface area contributed by atoms with Gasteiger partial charge in [0.2, 0.25) is 0 Å². The molecule has 1 aromatic carbocycles. The molecule has 3 unspecified atom stereocenters. The average Bonchev–Trinajstić information content (AvgIpc) is 3.21. The van der Waals surface area contributed by atoms with E-state index < -0.39 is 0 Å². The minimum atomic E-state index is -0.265. The van der Waals surface area contributed by atoms with Crippen LogP contribution < -0.4 is 0 Å². The van der Waals surface area contributed by atoms with Gasteiger partial charge in [0.05, 0.1) is 18.4 Å². The Morgan fingerprint density at radius 1 is 1.10 bits per heavy atom. The fourth-order valence-electron chi connectivity index (χ4n) is 6.15. The number of aromatic nitrogens is 1. The van der Waals surface area contributed by atoms with E-state index in [1.54, 1.807) is 11.6 Å². The van der Waals surface area contributed by atoms with Crippen LogP contribution in [0.2, 0.25) is 0 Å². The Morgan fingerprint density at radius 2 is 2.03 bits per heavy atom. The molecule has 30 heavy (non-hydrogen) atoms. The number of aryl methyl sites for hydroxylation is 1. The quantitative estimate of drug-likeness (QED) is 0.633. The van der Waals surface area contributed by atoms with E-state index in [2.05, 4.69) is 29.2 Å². The molecular weight excluding hydrogens is 377 g/mol. The summed E-state index contributed by atoms with van der Waals surface area (Å²) in [5.41, 5.74) is 3.89. The van der Waals surface area contributed by atoms with Gasteiger partial charge < -0.3 is 9.47 Å². The van der Waals surface area contributed by atoms with Crippen molar-refractivity contribution < 1.29 is 13.9 Å². The molecule has 0 radical (unpaired) electrons. The lowest BCUT2D eigenvalue weighted by Crippen LogP contribution is -2.48. The standard InChI is InChI=1S/C26H32FNO2/c27-22-10-11-24(28-17-22)25(13-16-30-26(18-25)14-15-29-19-26)12-4-8-21-7-3-6-20-5-1-2-9-23(20)21/h1-2,5,9-11,17,21H,3-4,6-8,12-16,18-19H2. The molecule has 1 aromatic heterocycles. The summed E-state index contributed by atoms with van der Waals surface area (Å²) in [6, 6.07) is 12.4. The first kappa shape index (κ1) is 20.1. The first-order valence-corrected chi connectivity index (χ1v) is 11.6. The van der Waals surface area contributed by atoms with Gasteiger partial charge in [-0.05, 0) is 74.1 Å². The summed E-state index contributed by atoms with van der Waals surface area (Å²) in [5.74, 6) is 0.399. The van der Waals surface area contributed by atoms with Crippen molar-refractivity contribution in [2.45, 2.75) is 74.7 Å². The molecule has 3 aliphatic rings. The topological polar surface area (TPSA) is 31.4 Å². The van der Waals surface area contributed by atoms with Crippen LogP contribution >= 0.6 is 0 Å². The largest absolute Gasteiger partial charge is 0.378 e. The molecule has 1 spiro atoms. The molecule has 3 heterocycles. The molecular formula is C26H32FNO2. The number of hydrogen-bond acceptors (Lipinski definition) is 3. The predicted molar refractivity (Wildman–Crippen MR) is 115 cm³/mol. The SMILES string of the molecule is Fc1ccc(C2(CCCC3CCCc4ccccc43)CCOC3(CCOC3)C2)nc1. The average molecular weight is 410 g/mol. The van der Waals surface area contributed by atoms with E-state index in [1.807, 2.05) is 6.07 Å². The van der Waals surface area contributed by atoms with Gasteiger partial charge in [-0.15, -0.1) is 0 Å². The van der Waals surface area contributed by atoms with E-state index in [1.165, 1.54) is 37.4 Å². The molecule has 5 rings (SSSR count). The van der Waals surface area contributed by atoms with E-state index >= 15 is 0 Å². The normalized spacial score (nSPS) is 31.0. The third kappa shape index (κ3) is 3.92. The summed E-state index contributed by atoms with van der Waals surface area (Å²) in [4.78, 5) is 4.56. The van der Waals surface area contributed by atoms with Crippen LogP contribution in [-0.4, -0.2) is 30.4 Å². The molecule has 2 saturated heterocycles. The van der Waals surface area contributed by atoms with Crippen LogP contribution in [-0.2, 0) is 21.3 Å².